The first-order valence-corrected chi connectivity index (χ1v) is 6.51. The van der Waals surface area contributed by atoms with Crippen molar-refractivity contribution in [2.24, 2.45) is 0 Å². The molecule has 0 aromatic carbocycles. The van der Waals surface area contributed by atoms with Crippen molar-refractivity contribution >= 4 is 11.3 Å². The summed E-state index contributed by atoms with van der Waals surface area (Å²) in [6.45, 7) is 2.21. The van der Waals surface area contributed by atoms with Crippen LogP contribution in [-0.2, 0) is 4.74 Å². The molecule has 4 atom stereocenters. The van der Waals surface area contributed by atoms with Crippen molar-refractivity contribution in [2.75, 3.05) is 0 Å². The Labute approximate surface area is 93.9 Å². The highest BCUT2D eigenvalue weighted by molar-refractivity contribution is 7.09. The molecule has 0 saturated carbocycles. The summed E-state index contributed by atoms with van der Waals surface area (Å²) in [7, 11) is 0. The fourth-order valence-electron chi connectivity index (χ4n) is 2.66. The highest BCUT2D eigenvalue weighted by Gasteiger charge is 2.41. The Morgan fingerprint density at radius 2 is 2.53 bits per heavy atom. The van der Waals surface area contributed by atoms with Crippen molar-refractivity contribution in [2.45, 2.75) is 50.5 Å². The average Bonchev–Trinajstić information content (AvgIpc) is 2.95. The number of nitrogens with one attached hydrogen (secondary N) is 1. The molecule has 1 N–H and O–H groups in total. The van der Waals surface area contributed by atoms with Crippen molar-refractivity contribution in [3.8, 4) is 0 Å². The molecule has 82 valence electrons. The molecular weight excluding hydrogens is 208 g/mol. The van der Waals surface area contributed by atoms with Gasteiger partial charge in [-0.3, -0.25) is 4.98 Å². The van der Waals surface area contributed by atoms with Gasteiger partial charge in [0.05, 0.1) is 17.7 Å². The van der Waals surface area contributed by atoms with E-state index < -0.39 is 0 Å². The van der Waals surface area contributed by atoms with Crippen LogP contribution in [0.15, 0.2) is 11.7 Å². The number of rotatable bonds is 3. The molecule has 4 unspecified atom stereocenters. The molecule has 1 aromatic rings. The van der Waals surface area contributed by atoms with Crippen LogP contribution < -0.4 is 5.32 Å². The van der Waals surface area contributed by atoms with Gasteiger partial charge in [-0.15, -0.1) is 11.3 Å². The quantitative estimate of drug-likeness (QED) is 0.854. The van der Waals surface area contributed by atoms with Crippen LogP contribution in [0.2, 0.25) is 0 Å². The number of hydrogen-bond donors (Lipinski definition) is 1. The van der Waals surface area contributed by atoms with Gasteiger partial charge in [0.1, 0.15) is 0 Å². The van der Waals surface area contributed by atoms with E-state index in [0.29, 0.717) is 24.3 Å². The number of fused-ring (bicyclic) bond motifs is 2. The van der Waals surface area contributed by atoms with Gasteiger partial charge in [0, 0.05) is 23.2 Å². The molecule has 3 rings (SSSR count). The summed E-state index contributed by atoms with van der Waals surface area (Å²) in [6, 6.07) is 0.964. The van der Waals surface area contributed by atoms with Gasteiger partial charge in [-0.2, -0.15) is 0 Å². The predicted molar refractivity (Wildman–Crippen MR) is 60.0 cm³/mol. The molecule has 0 radical (unpaired) electrons. The first-order chi connectivity index (χ1) is 7.33. The Morgan fingerprint density at radius 1 is 1.60 bits per heavy atom. The van der Waals surface area contributed by atoms with Gasteiger partial charge in [-0.05, 0) is 26.2 Å². The lowest BCUT2D eigenvalue weighted by Gasteiger charge is -2.23. The van der Waals surface area contributed by atoms with Gasteiger partial charge >= 0.3 is 0 Å². The van der Waals surface area contributed by atoms with E-state index in [0.717, 1.165) is 0 Å². The molecule has 4 heteroatoms. The highest BCUT2D eigenvalue weighted by Crippen LogP contribution is 2.35. The smallest absolute Gasteiger partial charge is 0.0794 e. The second kappa shape index (κ2) is 3.85. The summed E-state index contributed by atoms with van der Waals surface area (Å²) in [5.41, 5.74) is 1.89. The van der Waals surface area contributed by atoms with E-state index in [1.165, 1.54) is 24.1 Å². The van der Waals surface area contributed by atoms with Crippen LogP contribution in [-0.4, -0.2) is 23.2 Å². The maximum absolute atomic E-state index is 5.83. The number of thiazole rings is 1. The minimum atomic E-state index is 0.408. The highest BCUT2D eigenvalue weighted by atomic mass is 32.1. The zero-order chi connectivity index (χ0) is 10.3. The van der Waals surface area contributed by atoms with Crippen LogP contribution in [0.4, 0.5) is 0 Å². The Bertz CT molecular complexity index is 327. The lowest BCUT2D eigenvalue weighted by atomic mass is 9.95. The van der Waals surface area contributed by atoms with Crippen LogP contribution in [0.3, 0.4) is 0 Å². The Balaban J connectivity index is 1.62. The van der Waals surface area contributed by atoms with Crippen molar-refractivity contribution in [3.63, 3.8) is 0 Å². The van der Waals surface area contributed by atoms with Gasteiger partial charge in [0.25, 0.3) is 0 Å². The Morgan fingerprint density at radius 3 is 3.13 bits per heavy atom. The maximum Gasteiger partial charge on any atom is 0.0794 e. The van der Waals surface area contributed by atoms with Crippen molar-refractivity contribution < 1.29 is 4.74 Å². The molecule has 1 aromatic heterocycles. The molecule has 3 nitrogen and oxygen atoms in total. The van der Waals surface area contributed by atoms with Crippen LogP contribution >= 0.6 is 11.3 Å². The van der Waals surface area contributed by atoms with E-state index in [4.69, 9.17) is 4.74 Å². The minimum absolute atomic E-state index is 0.408. The van der Waals surface area contributed by atoms with Crippen molar-refractivity contribution in [1.29, 1.82) is 0 Å². The molecule has 2 bridgehead atoms. The van der Waals surface area contributed by atoms with E-state index >= 15 is 0 Å². The predicted octanol–water partition coefficient (Wildman–Crippen LogP) is 2.11. The third-order valence-corrected chi connectivity index (χ3v) is 4.41. The van der Waals surface area contributed by atoms with E-state index in [2.05, 4.69) is 17.2 Å². The molecule has 0 spiro atoms. The maximum atomic E-state index is 5.83. The van der Waals surface area contributed by atoms with Gasteiger partial charge < -0.3 is 10.1 Å². The molecule has 0 amide bonds. The number of ether oxygens (including phenoxy) is 1. The van der Waals surface area contributed by atoms with E-state index in [1.807, 2.05) is 11.7 Å². The van der Waals surface area contributed by atoms with Gasteiger partial charge in [-0.1, -0.05) is 0 Å². The summed E-state index contributed by atoms with van der Waals surface area (Å²) in [4.78, 5) is 5.43. The fourth-order valence-corrected chi connectivity index (χ4v) is 3.29. The molecular formula is C11H16N2OS. The average molecular weight is 224 g/mol. The van der Waals surface area contributed by atoms with E-state index in [-0.39, 0.29) is 0 Å². The lowest BCUT2D eigenvalue weighted by molar-refractivity contribution is 0.0963. The number of hydrogen-bond acceptors (Lipinski definition) is 4. The third kappa shape index (κ3) is 1.82. The standard InChI is InChI=1S/C11H16N2OS/c1-7(11-5-12-6-15-11)13-9-4-8-2-3-10(9)14-8/h5-10,13H,2-4H2,1H3. The first kappa shape index (κ1) is 9.75. The monoisotopic (exact) mass is 224 g/mol. The summed E-state index contributed by atoms with van der Waals surface area (Å²) >= 11 is 1.72. The van der Waals surface area contributed by atoms with Gasteiger partial charge in [-0.25, -0.2) is 0 Å². The molecule has 3 heterocycles. The summed E-state index contributed by atoms with van der Waals surface area (Å²) in [5, 5.41) is 3.66. The van der Waals surface area contributed by atoms with Gasteiger partial charge in [0.2, 0.25) is 0 Å². The fraction of sp³-hybridized carbons (Fsp3) is 0.727. The third-order valence-electron chi connectivity index (χ3n) is 3.45. The zero-order valence-corrected chi connectivity index (χ0v) is 9.67. The van der Waals surface area contributed by atoms with E-state index in [9.17, 15) is 0 Å². The van der Waals surface area contributed by atoms with Crippen molar-refractivity contribution in [1.82, 2.24) is 10.3 Å². The molecule has 2 aliphatic heterocycles. The summed E-state index contributed by atoms with van der Waals surface area (Å²) in [6.07, 6.45) is 6.63. The van der Waals surface area contributed by atoms with E-state index in [1.54, 1.807) is 11.3 Å². The zero-order valence-electron chi connectivity index (χ0n) is 8.85. The largest absolute Gasteiger partial charge is 0.373 e. The Kier molecular flexibility index (Phi) is 2.50. The molecule has 2 aliphatic rings. The molecule has 2 fully saturated rings. The lowest BCUT2D eigenvalue weighted by Crippen LogP contribution is -2.38. The number of nitrogens with zero attached hydrogens (tertiary/aromatic N) is 1. The SMILES string of the molecule is CC(NC1CC2CCC1O2)c1cncs1. The van der Waals surface area contributed by atoms with Crippen LogP contribution in [0.25, 0.3) is 0 Å². The second-order valence-corrected chi connectivity index (χ2v) is 5.43. The molecule has 15 heavy (non-hydrogen) atoms. The normalized spacial score (nSPS) is 35.9. The second-order valence-electron chi connectivity index (χ2n) is 4.51. The minimum Gasteiger partial charge on any atom is -0.373 e. The van der Waals surface area contributed by atoms with Crippen molar-refractivity contribution in [3.05, 3.63) is 16.6 Å². The first-order valence-electron chi connectivity index (χ1n) is 5.63. The van der Waals surface area contributed by atoms with Crippen LogP contribution in [0, 0.1) is 0 Å². The summed E-state index contributed by atoms with van der Waals surface area (Å²) in [5.74, 6) is 0. The van der Waals surface area contributed by atoms with Gasteiger partial charge in [0.15, 0.2) is 0 Å². The summed E-state index contributed by atoms with van der Waals surface area (Å²) < 4.78 is 5.83. The molecule has 2 saturated heterocycles. The van der Waals surface area contributed by atoms with Crippen LogP contribution in [0.5, 0.6) is 0 Å². The molecule has 0 aliphatic carbocycles. The Hall–Kier alpha value is -0.450. The number of aromatic nitrogens is 1. The van der Waals surface area contributed by atoms with Crippen LogP contribution in [0.1, 0.15) is 37.1 Å². The topological polar surface area (TPSA) is 34.1 Å².